The second-order valence-electron chi connectivity index (χ2n) is 6.73. The summed E-state index contributed by atoms with van der Waals surface area (Å²) < 4.78 is 28.2. The summed E-state index contributed by atoms with van der Waals surface area (Å²) >= 11 is 7.68. The molecule has 3 aromatic rings. The van der Waals surface area contributed by atoms with Gasteiger partial charge < -0.3 is 4.57 Å². The zero-order valence-corrected chi connectivity index (χ0v) is 20.9. The van der Waals surface area contributed by atoms with Crippen LogP contribution >= 0.6 is 39.9 Å². The highest BCUT2D eigenvalue weighted by atomic mass is 79.9. The van der Waals surface area contributed by atoms with E-state index in [1.54, 1.807) is 12.1 Å². The van der Waals surface area contributed by atoms with E-state index in [0.717, 1.165) is 31.6 Å². The lowest BCUT2D eigenvalue weighted by atomic mass is 10.1. The number of halogens is 2. The highest BCUT2D eigenvalue weighted by molar-refractivity contribution is 8.93. The first-order valence-electron chi connectivity index (χ1n) is 8.61. The Morgan fingerprint density at radius 1 is 1.14 bits per heavy atom. The third-order valence-electron chi connectivity index (χ3n) is 4.70. The maximum atomic E-state index is 12.6. The van der Waals surface area contributed by atoms with Gasteiger partial charge in [0.15, 0.2) is 4.80 Å². The van der Waals surface area contributed by atoms with E-state index < -0.39 is 10.0 Å². The Labute approximate surface area is 191 Å². The minimum Gasteiger partial charge on any atom is -0.320 e. The van der Waals surface area contributed by atoms with Crippen LogP contribution in [0.5, 0.6) is 0 Å². The first-order valence-corrected chi connectivity index (χ1v) is 11.3. The van der Waals surface area contributed by atoms with E-state index in [1.807, 2.05) is 35.2 Å². The summed E-state index contributed by atoms with van der Waals surface area (Å²) in [5.74, 6) is 0. The Morgan fingerprint density at radius 2 is 1.83 bits per heavy atom. The Balaban J connectivity index is 0.00000300. The van der Waals surface area contributed by atoms with Gasteiger partial charge in [0.05, 0.1) is 16.4 Å². The van der Waals surface area contributed by atoms with Gasteiger partial charge in [0.1, 0.15) is 4.90 Å². The molecular weight excluding hydrogens is 494 g/mol. The molecule has 0 aliphatic heterocycles. The minimum atomic E-state index is -3.63. The Morgan fingerprint density at radius 3 is 2.48 bits per heavy atom. The van der Waals surface area contributed by atoms with Gasteiger partial charge in [-0.2, -0.15) is 0 Å². The van der Waals surface area contributed by atoms with E-state index in [4.69, 9.17) is 16.6 Å². The largest absolute Gasteiger partial charge is 0.320 e. The maximum Gasteiger partial charge on any atom is 0.244 e. The van der Waals surface area contributed by atoms with Crippen LogP contribution in [0.25, 0.3) is 11.3 Å². The molecule has 0 N–H and O–H groups in total. The molecule has 0 fully saturated rings. The van der Waals surface area contributed by atoms with Crippen LogP contribution in [0.15, 0.2) is 51.7 Å². The summed E-state index contributed by atoms with van der Waals surface area (Å²) in [6.45, 7) is 4.12. The molecule has 29 heavy (non-hydrogen) atoms. The Hall–Kier alpha value is -1.45. The van der Waals surface area contributed by atoms with Gasteiger partial charge in [-0.15, -0.1) is 28.3 Å². The molecule has 2 aromatic carbocycles. The summed E-state index contributed by atoms with van der Waals surface area (Å²) in [4.78, 5) is 5.72. The second-order valence-corrected chi connectivity index (χ2v) is 10.1. The fraction of sp³-hybridized carbons (Fsp3) is 0.250. The van der Waals surface area contributed by atoms with E-state index in [1.165, 1.54) is 31.0 Å². The Kier molecular flexibility index (Phi) is 7.51. The summed E-state index contributed by atoms with van der Waals surface area (Å²) in [5.41, 5.74) is 4.91. The first-order chi connectivity index (χ1) is 13.1. The predicted molar refractivity (Wildman–Crippen MR) is 126 cm³/mol. The standard InChI is InChI=1S/C20H22ClN3O2S2.BrH/c1-13-7-6-8-17(14(13)2)22-20-24(5)18(12-27-20)15-9-10-16(21)19(11-15)28(25,26)23(3)4;/h6-12H,1-5H3;1H/b22-20+;. The third kappa shape index (κ3) is 4.67. The number of thiazole rings is 1. The fourth-order valence-corrected chi connectivity index (χ4v) is 5.06. The molecule has 0 radical (unpaired) electrons. The number of aryl methyl sites for hydroxylation is 1. The molecule has 3 rings (SSSR count). The van der Waals surface area contributed by atoms with Crippen molar-refractivity contribution in [3.63, 3.8) is 0 Å². The Bertz CT molecular complexity index is 1210. The normalized spacial score (nSPS) is 12.3. The molecule has 156 valence electrons. The third-order valence-corrected chi connectivity index (χ3v) is 7.92. The van der Waals surface area contributed by atoms with E-state index >= 15 is 0 Å². The lowest BCUT2D eigenvalue weighted by Crippen LogP contribution is -2.22. The van der Waals surface area contributed by atoms with Gasteiger partial charge in [0.25, 0.3) is 0 Å². The van der Waals surface area contributed by atoms with Crippen molar-refractivity contribution < 1.29 is 8.42 Å². The topological polar surface area (TPSA) is 54.7 Å². The van der Waals surface area contributed by atoms with Crippen molar-refractivity contribution in [3.05, 3.63) is 62.7 Å². The number of nitrogens with zero attached hydrogens (tertiary/aromatic N) is 3. The molecule has 1 aromatic heterocycles. The summed E-state index contributed by atoms with van der Waals surface area (Å²) in [6, 6.07) is 11.1. The van der Waals surface area contributed by atoms with Crippen molar-refractivity contribution in [2.75, 3.05) is 14.1 Å². The maximum absolute atomic E-state index is 12.6. The molecule has 0 aliphatic rings. The summed E-state index contributed by atoms with van der Waals surface area (Å²) in [5, 5.41) is 2.18. The fourth-order valence-electron chi connectivity index (χ4n) is 2.75. The van der Waals surface area contributed by atoms with Gasteiger partial charge in [-0.3, -0.25) is 0 Å². The van der Waals surface area contributed by atoms with Gasteiger partial charge >= 0.3 is 0 Å². The van der Waals surface area contributed by atoms with Crippen LogP contribution in [0, 0.1) is 13.8 Å². The summed E-state index contributed by atoms with van der Waals surface area (Å²) in [6.07, 6.45) is 0. The molecule has 1 heterocycles. The number of hydrogen-bond donors (Lipinski definition) is 0. The van der Waals surface area contributed by atoms with Crippen LogP contribution < -0.4 is 4.80 Å². The van der Waals surface area contributed by atoms with Crippen molar-refractivity contribution in [2.24, 2.45) is 12.0 Å². The van der Waals surface area contributed by atoms with Crippen LogP contribution in [0.4, 0.5) is 5.69 Å². The molecule has 0 saturated carbocycles. The molecule has 0 amide bonds. The molecule has 0 aliphatic carbocycles. The number of benzene rings is 2. The molecule has 0 atom stereocenters. The molecule has 0 bridgehead atoms. The minimum absolute atomic E-state index is 0. The zero-order chi connectivity index (χ0) is 20.6. The molecule has 5 nitrogen and oxygen atoms in total. The van der Waals surface area contributed by atoms with Crippen LogP contribution in [0.1, 0.15) is 11.1 Å². The lowest BCUT2D eigenvalue weighted by molar-refractivity contribution is 0.521. The van der Waals surface area contributed by atoms with Crippen LogP contribution in [-0.4, -0.2) is 31.4 Å². The van der Waals surface area contributed by atoms with Gasteiger partial charge in [-0.05, 0) is 43.2 Å². The van der Waals surface area contributed by atoms with Crippen molar-refractivity contribution >= 4 is 55.6 Å². The van der Waals surface area contributed by atoms with Crippen molar-refractivity contribution in [2.45, 2.75) is 18.7 Å². The summed E-state index contributed by atoms with van der Waals surface area (Å²) in [7, 11) is 1.27. The average molecular weight is 517 g/mol. The van der Waals surface area contributed by atoms with Crippen molar-refractivity contribution in [3.8, 4) is 11.3 Å². The highest BCUT2D eigenvalue weighted by Crippen LogP contribution is 2.30. The van der Waals surface area contributed by atoms with Gasteiger partial charge in [0, 0.05) is 32.1 Å². The lowest BCUT2D eigenvalue weighted by Gasteiger charge is -2.14. The van der Waals surface area contributed by atoms with Gasteiger partial charge in [-0.25, -0.2) is 17.7 Å². The number of rotatable bonds is 4. The van der Waals surface area contributed by atoms with Crippen LogP contribution in [-0.2, 0) is 17.1 Å². The zero-order valence-electron chi connectivity index (χ0n) is 16.8. The average Bonchev–Trinajstić information content (AvgIpc) is 3.00. The van der Waals surface area contributed by atoms with E-state index in [2.05, 4.69) is 19.9 Å². The molecule has 9 heteroatoms. The van der Waals surface area contributed by atoms with Crippen LogP contribution in [0.2, 0.25) is 5.02 Å². The molecule has 0 unspecified atom stereocenters. The SMILES string of the molecule is Br.Cc1cccc(/N=c2/scc(-c3ccc(Cl)c(S(=O)(=O)N(C)C)c3)n2C)c1C. The number of sulfonamides is 1. The monoisotopic (exact) mass is 515 g/mol. The quantitative estimate of drug-likeness (QED) is 0.485. The van der Waals surface area contributed by atoms with Gasteiger partial charge in [0.2, 0.25) is 10.0 Å². The van der Waals surface area contributed by atoms with Crippen LogP contribution in [0.3, 0.4) is 0 Å². The van der Waals surface area contributed by atoms with Crippen molar-refractivity contribution in [1.29, 1.82) is 0 Å². The smallest absolute Gasteiger partial charge is 0.244 e. The van der Waals surface area contributed by atoms with E-state index in [-0.39, 0.29) is 26.9 Å². The second kappa shape index (κ2) is 9.14. The number of aromatic nitrogens is 1. The van der Waals surface area contributed by atoms with Gasteiger partial charge in [-0.1, -0.05) is 29.8 Å². The predicted octanol–water partition coefficient (Wildman–Crippen LogP) is 5.08. The molecule has 0 spiro atoms. The van der Waals surface area contributed by atoms with Crippen molar-refractivity contribution in [1.82, 2.24) is 8.87 Å². The van der Waals surface area contributed by atoms with E-state index in [9.17, 15) is 8.42 Å². The first kappa shape index (κ1) is 23.8. The van der Waals surface area contributed by atoms with E-state index in [0.29, 0.717) is 0 Å². The number of hydrogen-bond acceptors (Lipinski definition) is 4. The highest BCUT2D eigenvalue weighted by Gasteiger charge is 2.22. The molecular formula is C20H23BrClN3O2S2. The molecule has 0 saturated heterocycles.